The van der Waals surface area contributed by atoms with E-state index in [0.29, 0.717) is 18.4 Å². The van der Waals surface area contributed by atoms with Gasteiger partial charge in [0, 0.05) is 12.7 Å². The molecule has 1 rings (SSSR count). The van der Waals surface area contributed by atoms with Crippen molar-refractivity contribution < 1.29 is 0 Å². The van der Waals surface area contributed by atoms with E-state index in [1.54, 1.807) is 6.20 Å². The second-order valence-electron chi connectivity index (χ2n) is 3.90. The van der Waals surface area contributed by atoms with E-state index in [1.165, 1.54) is 0 Å². The zero-order chi connectivity index (χ0) is 11.8. The van der Waals surface area contributed by atoms with Crippen LogP contribution in [0.25, 0.3) is 0 Å². The lowest BCUT2D eigenvalue weighted by Gasteiger charge is -2.10. The van der Waals surface area contributed by atoms with Crippen LogP contribution in [0.3, 0.4) is 0 Å². The first-order valence-electron chi connectivity index (χ1n) is 5.37. The summed E-state index contributed by atoms with van der Waals surface area (Å²) < 4.78 is 0. The van der Waals surface area contributed by atoms with Gasteiger partial charge in [0.1, 0.15) is 0 Å². The Morgan fingerprint density at radius 2 is 2.31 bits per heavy atom. The summed E-state index contributed by atoms with van der Waals surface area (Å²) in [5.74, 6) is 6.51. The maximum atomic E-state index is 5.36. The second-order valence-corrected chi connectivity index (χ2v) is 3.90. The molecule has 0 bridgehead atoms. The normalized spacial score (nSPS) is 11.6. The SMILES string of the molecule is CC(C)CNC(=NCc1ccccn1)NN. The fraction of sp³-hybridized carbons (Fsp3) is 0.455. The van der Waals surface area contributed by atoms with Crippen LogP contribution in [0.1, 0.15) is 19.5 Å². The largest absolute Gasteiger partial charge is 0.355 e. The zero-order valence-corrected chi connectivity index (χ0v) is 9.77. The van der Waals surface area contributed by atoms with E-state index in [-0.39, 0.29) is 0 Å². The van der Waals surface area contributed by atoms with E-state index in [0.717, 1.165) is 12.2 Å². The predicted octanol–water partition coefficient (Wildman–Crippen LogP) is 0.647. The van der Waals surface area contributed by atoms with Gasteiger partial charge in [0.05, 0.1) is 12.2 Å². The predicted molar refractivity (Wildman–Crippen MR) is 65.5 cm³/mol. The highest BCUT2D eigenvalue weighted by Gasteiger charge is 1.98. The standard InChI is InChI=1S/C11H19N5/c1-9(2)7-14-11(16-12)15-8-10-5-3-4-6-13-10/h3-6,9H,7-8,12H2,1-2H3,(H2,14,15,16). The first-order chi connectivity index (χ1) is 7.72. The van der Waals surface area contributed by atoms with Crippen LogP contribution < -0.4 is 16.6 Å². The highest BCUT2D eigenvalue weighted by Crippen LogP contribution is 1.95. The van der Waals surface area contributed by atoms with Crippen molar-refractivity contribution in [1.29, 1.82) is 0 Å². The quantitative estimate of drug-likeness (QED) is 0.302. The molecule has 0 aliphatic carbocycles. The van der Waals surface area contributed by atoms with Gasteiger partial charge in [-0.15, -0.1) is 0 Å². The third-order valence-electron chi connectivity index (χ3n) is 1.94. The van der Waals surface area contributed by atoms with Gasteiger partial charge >= 0.3 is 0 Å². The lowest BCUT2D eigenvalue weighted by atomic mass is 10.2. The summed E-state index contributed by atoms with van der Waals surface area (Å²) in [6.07, 6.45) is 1.75. The molecule has 0 unspecified atom stereocenters. The molecule has 1 heterocycles. The van der Waals surface area contributed by atoms with Crippen LogP contribution in [0, 0.1) is 5.92 Å². The van der Waals surface area contributed by atoms with Crippen molar-refractivity contribution in [1.82, 2.24) is 15.7 Å². The molecular formula is C11H19N5. The van der Waals surface area contributed by atoms with Gasteiger partial charge < -0.3 is 5.32 Å². The molecule has 0 aliphatic heterocycles. The number of pyridine rings is 1. The Bertz CT molecular complexity index is 320. The first-order valence-corrected chi connectivity index (χ1v) is 5.37. The Morgan fingerprint density at radius 1 is 1.50 bits per heavy atom. The molecule has 0 aliphatic rings. The smallest absolute Gasteiger partial charge is 0.206 e. The van der Waals surface area contributed by atoms with Crippen LogP contribution in [0.15, 0.2) is 29.4 Å². The highest BCUT2D eigenvalue weighted by molar-refractivity contribution is 5.79. The van der Waals surface area contributed by atoms with E-state index in [4.69, 9.17) is 5.84 Å². The summed E-state index contributed by atoms with van der Waals surface area (Å²) in [7, 11) is 0. The minimum atomic E-state index is 0.519. The number of guanidine groups is 1. The van der Waals surface area contributed by atoms with Gasteiger partial charge in [-0.25, -0.2) is 10.8 Å². The number of rotatable bonds is 4. The second kappa shape index (κ2) is 6.79. The van der Waals surface area contributed by atoms with E-state index >= 15 is 0 Å². The molecular weight excluding hydrogens is 202 g/mol. The maximum Gasteiger partial charge on any atom is 0.206 e. The van der Waals surface area contributed by atoms with Crippen molar-refractivity contribution in [2.45, 2.75) is 20.4 Å². The summed E-state index contributed by atoms with van der Waals surface area (Å²) in [6, 6.07) is 5.75. The van der Waals surface area contributed by atoms with Crippen molar-refractivity contribution in [3.8, 4) is 0 Å². The van der Waals surface area contributed by atoms with Crippen molar-refractivity contribution >= 4 is 5.96 Å². The molecule has 0 spiro atoms. The number of nitrogens with zero attached hydrogens (tertiary/aromatic N) is 2. The Kier molecular flexibility index (Phi) is 5.28. The molecule has 16 heavy (non-hydrogen) atoms. The minimum absolute atomic E-state index is 0.519. The zero-order valence-electron chi connectivity index (χ0n) is 9.77. The number of nitrogens with two attached hydrogens (primary N) is 1. The van der Waals surface area contributed by atoms with Gasteiger partial charge in [0.25, 0.3) is 0 Å². The van der Waals surface area contributed by atoms with E-state index < -0.39 is 0 Å². The summed E-state index contributed by atoms with van der Waals surface area (Å²) in [4.78, 5) is 8.47. The molecule has 4 N–H and O–H groups in total. The average Bonchev–Trinajstić information content (AvgIpc) is 2.30. The molecule has 5 heteroatoms. The molecule has 88 valence electrons. The van der Waals surface area contributed by atoms with E-state index in [9.17, 15) is 0 Å². The summed E-state index contributed by atoms with van der Waals surface area (Å²) >= 11 is 0. The lowest BCUT2D eigenvalue weighted by molar-refractivity contribution is 0.615. The number of aromatic nitrogens is 1. The van der Waals surface area contributed by atoms with Crippen LogP contribution in [-0.4, -0.2) is 17.5 Å². The molecule has 0 radical (unpaired) electrons. The van der Waals surface area contributed by atoms with Gasteiger partial charge in [0.2, 0.25) is 5.96 Å². The number of hydrogen-bond donors (Lipinski definition) is 3. The van der Waals surface area contributed by atoms with Crippen LogP contribution in [0.5, 0.6) is 0 Å². The fourth-order valence-electron chi connectivity index (χ4n) is 1.11. The average molecular weight is 221 g/mol. The first kappa shape index (κ1) is 12.4. The number of aliphatic imine (C=N–C) groups is 1. The van der Waals surface area contributed by atoms with Crippen molar-refractivity contribution in [3.63, 3.8) is 0 Å². The van der Waals surface area contributed by atoms with Gasteiger partial charge in [-0.2, -0.15) is 0 Å². The molecule has 0 saturated carbocycles. The summed E-state index contributed by atoms with van der Waals surface area (Å²) in [5, 5.41) is 3.13. The van der Waals surface area contributed by atoms with Gasteiger partial charge in [0.15, 0.2) is 0 Å². The van der Waals surface area contributed by atoms with Crippen LogP contribution in [0.2, 0.25) is 0 Å². The summed E-state index contributed by atoms with van der Waals surface area (Å²) in [6.45, 7) is 5.61. The van der Waals surface area contributed by atoms with Gasteiger partial charge in [-0.1, -0.05) is 19.9 Å². The number of hydrogen-bond acceptors (Lipinski definition) is 3. The molecule has 0 saturated heterocycles. The van der Waals surface area contributed by atoms with Crippen molar-refractivity contribution in [2.75, 3.05) is 6.54 Å². The molecule has 0 fully saturated rings. The Morgan fingerprint density at radius 3 is 2.88 bits per heavy atom. The van der Waals surface area contributed by atoms with Crippen molar-refractivity contribution in [2.24, 2.45) is 16.8 Å². The van der Waals surface area contributed by atoms with Crippen LogP contribution in [-0.2, 0) is 6.54 Å². The number of nitrogens with one attached hydrogen (secondary N) is 2. The molecule has 0 aromatic carbocycles. The monoisotopic (exact) mass is 221 g/mol. The third-order valence-corrected chi connectivity index (χ3v) is 1.94. The van der Waals surface area contributed by atoms with Gasteiger partial charge in [-0.3, -0.25) is 10.4 Å². The van der Waals surface area contributed by atoms with Crippen LogP contribution in [0.4, 0.5) is 0 Å². The maximum absolute atomic E-state index is 5.36. The minimum Gasteiger partial charge on any atom is -0.355 e. The molecule has 1 aromatic rings. The number of hydrazine groups is 1. The Hall–Kier alpha value is -1.62. The molecule has 1 aromatic heterocycles. The third kappa shape index (κ3) is 4.75. The summed E-state index contributed by atoms with van der Waals surface area (Å²) in [5.41, 5.74) is 3.46. The molecule has 5 nitrogen and oxygen atoms in total. The molecule has 0 atom stereocenters. The topological polar surface area (TPSA) is 75.3 Å². The van der Waals surface area contributed by atoms with Crippen LogP contribution >= 0.6 is 0 Å². The lowest BCUT2D eigenvalue weighted by Crippen LogP contribution is -2.42. The fourth-order valence-corrected chi connectivity index (χ4v) is 1.11. The molecule has 0 amide bonds. The van der Waals surface area contributed by atoms with E-state index in [2.05, 4.69) is 34.6 Å². The Labute approximate surface area is 96.1 Å². The van der Waals surface area contributed by atoms with Crippen molar-refractivity contribution in [3.05, 3.63) is 30.1 Å². The van der Waals surface area contributed by atoms with Gasteiger partial charge in [-0.05, 0) is 18.1 Å². The highest BCUT2D eigenvalue weighted by atomic mass is 15.3. The Balaban J connectivity index is 2.47. The van der Waals surface area contributed by atoms with E-state index in [1.807, 2.05) is 18.2 Å².